The Morgan fingerprint density at radius 1 is 1.20 bits per heavy atom. The number of primary amides is 1. The number of hydrogen-bond acceptors (Lipinski definition) is 5. The SMILES string of the molecule is CCOc1ccccc1C(=O)NC(C(=O)Nc1sc2c(c1C(N)=O)CCC2)C(C)C. The van der Waals surface area contributed by atoms with Crippen molar-refractivity contribution in [3.8, 4) is 5.75 Å². The van der Waals surface area contributed by atoms with E-state index in [1.54, 1.807) is 24.3 Å². The molecule has 1 aromatic carbocycles. The van der Waals surface area contributed by atoms with Crippen molar-refractivity contribution in [1.82, 2.24) is 5.32 Å². The highest BCUT2D eigenvalue weighted by Crippen LogP contribution is 2.39. The third-order valence-corrected chi connectivity index (χ3v) is 6.28. The summed E-state index contributed by atoms with van der Waals surface area (Å²) in [5.41, 5.74) is 7.29. The smallest absolute Gasteiger partial charge is 0.255 e. The molecule has 8 heteroatoms. The summed E-state index contributed by atoms with van der Waals surface area (Å²) in [5, 5.41) is 6.10. The zero-order valence-corrected chi connectivity index (χ0v) is 18.2. The zero-order valence-electron chi connectivity index (χ0n) is 17.4. The Labute approximate surface area is 180 Å². The Morgan fingerprint density at radius 2 is 1.93 bits per heavy atom. The summed E-state index contributed by atoms with van der Waals surface area (Å²) in [6, 6.07) is 6.12. The number of anilines is 1. The summed E-state index contributed by atoms with van der Waals surface area (Å²) >= 11 is 1.39. The standard InChI is InChI=1S/C22H27N3O4S/c1-4-29-15-10-6-5-8-13(15)20(27)24-18(12(2)3)21(28)25-22-17(19(23)26)14-9-7-11-16(14)30-22/h5-6,8,10,12,18H,4,7,9,11H2,1-3H3,(H2,23,26)(H,24,27)(H,25,28). The van der Waals surface area contributed by atoms with E-state index in [2.05, 4.69) is 10.6 Å². The van der Waals surface area contributed by atoms with Crippen LogP contribution in [0.25, 0.3) is 0 Å². The van der Waals surface area contributed by atoms with Gasteiger partial charge in [-0.3, -0.25) is 14.4 Å². The molecular weight excluding hydrogens is 402 g/mol. The van der Waals surface area contributed by atoms with Crippen LogP contribution in [-0.2, 0) is 17.6 Å². The first-order valence-corrected chi connectivity index (χ1v) is 10.9. The molecule has 0 saturated carbocycles. The first kappa shape index (κ1) is 21.8. The van der Waals surface area contributed by atoms with E-state index in [0.29, 0.717) is 28.5 Å². The van der Waals surface area contributed by atoms with Crippen LogP contribution in [0, 0.1) is 5.92 Å². The van der Waals surface area contributed by atoms with Gasteiger partial charge in [0.15, 0.2) is 0 Å². The Morgan fingerprint density at radius 3 is 2.60 bits per heavy atom. The molecule has 1 aromatic heterocycles. The number of nitrogens with two attached hydrogens (primary N) is 1. The number of thiophene rings is 1. The molecule has 0 fully saturated rings. The molecule has 0 radical (unpaired) electrons. The number of hydrogen-bond donors (Lipinski definition) is 3. The molecule has 160 valence electrons. The molecule has 0 saturated heterocycles. The predicted octanol–water partition coefficient (Wildman–Crippen LogP) is 3.13. The second-order valence-electron chi connectivity index (χ2n) is 7.54. The van der Waals surface area contributed by atoms with Gasteiger partial charge in [0.1, 0.15) is 16.8 Å². The summed E-state index contributed by atoms with van der Waals surface area (Å²) in [7, 11) is 0. The molecule has 0 spiro atoms. The van der Waals surface area contributed by atoms with Gasteiger partial charge in [0, 0.05) is 4.88 Å². The maximum atomic E-state index is 13.0. The van der Waals surface area contributed by atoms with Gasteiger partial charge in [-0.25, -0.2) is 0 Å². The minimum absolute atomic E-state index is 0.169. The predicted molar refractivity (Wildman–Crippen MR) is 117 cm³/mol. The van der Waals surface area contributed by atoms with Crippen LogP contribution in [0.5, 0.6) is 5.75 Å². The van der Waals surface area contributed by atoms with Gasteiger partial charge in [0.2, 0.25) is 5.91 Å². The number of carbonyl (C=O) groups excluding carboxylic acids is 3. The number of ether oxygens (including phenoxy) is 1. The van der Waals surface area contributed by atoms with Gasteiger partial charge < -0.3 is 21.1 Å². The Bertz CT molecular complexity index is 967. The summed E-state index contributed by atoms with van der Waals surface area (Å²) < 4.78 is 5.52. The molecule has 30 heavy (non-hydrogen) atoms. The van der Waals surface area contributed by atoms with Crippen LogP contribution >= 0.6 is 11.3 Å². The molecule has 7 nitrogen and oxygen atoms in total. The van der Waals surface area contributed by atoms with Gasteiger partial charge in [0.05, 0.1) is 17.7 Å². The third kappa shape index (κ3) is 4.48. The highest BCUT2D eigenvalue weighted by atomic mass is 32.1. The molecule has 0 aliphatic heterocycles. The van der Waals surface area contributed by atoms with E-state index in [1.165, 1.54) is 11.3 Å². The summed E-state index contributed by atoms with van der Waals surface area (Å²) in [6.07, 6.45) is 2.66. The van der Waals surface area contributed by atoms with Crippen LogP contribution in [0.4, 0.5) is 5.00 Å². The number of carbonyl (C=O) groups is 3. The maximum absolute atomic E-state index is 13.0. The van der Waals surface area contributed by atoms with Crippen molar-refractivity contribution in [1.29, 1.82) is 0 Å². The third-order valence-electron chi connectivity index (χ3n) is 5.07. The number of amides is 3. The average Bonchev–Trinajstić information content (AvgIpc) is 3.26. The van der Waals surface area contributed by atoms with Crippen LogP contribution in [0.2, 0.25) is 0 Å². The van der Waals surface area contributed by atoms with Crippen LogP contribution in [0.1, 0.15) is 58.3 Å². The van der Waals surface area contributed by atoms with E-state index in [-0.39, 0.29) is 11.8 Å². The topological polar surface area (TPSA) is 111 Å². The van der Waals surface area contributed by atoms with Gasteiger partial charge in [-0.05, 0) is 49.8 Å². The lowest BCUT2D eigenvalue weighted by Crippen LogP contribution is -2.47. The number of para-hydroxylation sites is 1. The molecule has 3 rings (SSSR count). The first-order chi connectivity index (χ1) is 14.3. The van der Waals surface area contributed by atoms with Crippen molar-refractivity contribution in [3.63, 3.8) is 0 Å². The lowest BCUT2D eigenvalue weighted by molar-refractivity contribution is -0.118. The highest BCUT2D eigenvalue weighted by molar-refractivity contribution is 7.17. The second kappa shape index (κ2) is 9.30. The fourth-order valence-electron chi connectivity index (χ4n) is 3.63. The number of benzene rings is 1. The van der Waals surface area contributed by atoms with Crippen LogP contribution in [-0.4, -0.2) is 30.4 Å². The fraction of sp³-hybridized carbons (Fsp3) is 0.409. The maximum Gasteiger partial charge on any atom is 0.255 e. The van der Waals surface area contributed by atoms with E-state index in [1.807, 2.05) is 20.8 Å². The van der Waals surface area contributed by atoms with Gasteiger partial charge in [-0.1, -0.05) is 26.0 Å². The molecule has 4 N–H and O–H groups in total. The van der Waals surface area contributed by atoms with Gasteiger partial charge in [-0.2, -0.15) is 0 Å². The van der Waals surface area contributed by atoms with E-state index < -0.39 is 17.9 Å². The van der Waals surface area contributed by atoms with Crippen molar-refractivity contribution < 1.29 is 19.1 Å². The normalized spacial score (nSPS) is 13.6. The van der Waals surface area contributed by atoms with Crippen molar-refractivity contribution in [3.05, 3.63) is 45.8 Å². The number of nitrogens with one attached hydrogen (secondary N) is 2. The Hall–Kier alpha value is -2.87. The summed E-state index contributed by atoms with van der Waals surface area (Å²) in [5.74, 6) is -1.02. The lowest BCUT2D eigenvalue weighted by Gasteiger charge is -2.22. The van der Waals surface area contributed by atoms with Crippen molar-refractivity contribution in [2.24, 2.45) is 11.7 Å². The second-order valence-corrected chi connectivity index (χ2v) is 8.64. The highest BCUT2D eigenvalue weighted by Gasteiger charge is 2.30. The lowest BCUT2D eigenvalue weighted by atomic mass is 10.0. The molecule has 0 bridgehead atoms. The Kier molecular flexibility index (Phi) is 6.77. The van der Waals surface area contributed by atoms with Crippen molar-refractivity contribution >= 4 is 34.1 Å². The monoisotopic (exact) mass is 429 g/mol. The summed E-state index contributed by atoms with van der Waals surface area (Å²) in [4.78, 5) is 39.0. The molecule has 1 aliphatic carbocycles. The molecule has 1 heterocycles. The Balaban J connectivity index is 1.80. The van der Waals surface area contributed by atoms with Gasteiger partial charge in [-0.15, -0.1) is 11.3 Å². The van der Waals surface area contributed by atoms with E-state index in [0.717, 1.165) is 29.7 Å². The molecule has 3 amide bonds. The minimum atomic E-state index is -0.787. The van der Waals surface area contributed by atoms with E-state index >= 15 is 0 Å². The van der Waals surface area contributed by atoms with Gasteiger partial charge >= 0.3 is 0 Å². The van der Waals surface area contributed by atoms with E-state index in [4.69, 9.17) is 10.5 Å². The quantitative estimate of drug-likeness (QED) is 0.599. The number of fused-ring (bicyclic) bond motifs is 1. The number of aryl methyl sites for hydroxylation is 1. The fourth-order valence-corrected chi connectivity index (χ4v) is 4.93. The number of rotatable bonds is 8. The van der Waals surface area contributed by atoms with Crippen molar-refractivity contribution in [2.75, 3.05) is 11.9 Å². The van der Waals surface area contributed by atoms with Gasteiger partial charge in [0.25, 0.3) is 11.8 Å². The molecule has 1 aliphatic rings. The first-order valence-electron chi connectivity index (χ1n) is 10.1. The molecule has 2 aromatic rings. The minimum Gasteiger partial charge on any atom is -0.493 e. The zero-order chi connectivity index (χ0) is 21.8. The largest absolute Gasteiger partial charge is 0.493 e. The average molecular weight is 430 g/mol. The molecular formula is C22H27N3O4S. The molecule has 1 unspecified atom stereocenters. The van der Waals surface area contributed by atoms with E-state index in [9.17, 15) is 14.4 Å². The van der Waals surface area contributed by atoms with Crippen LogP contribution < -0.4 is 21.1 Å². The van der Waals surface area contributed by atoms with Crippen LogP contribution in [0.3, 0.4) is 0 Å². The van der Waals surface area contributed by atoms with Crippen molar-refractivity contribution in [2.45, 2.75) is 46.1 Å². The van der Waals surface area contributed by atoms with Crippen LogP contribution in [0.15, 0.2) is 24.3 Å². The molecule has 1 atom stereocenters. The summed E-state index contributed by atoms with van der Waals surface area (Å²) in [6.45, 7) is 5.97.